The summed E-state index contributed by atoms with van der Waals surface area (Å²) in [6.07, 6.45) is 6.31. The summed E-state index contributed by atoms with van der Waals surface area (Å²) in [5, 5.41) is 3.22. The highest BCUT2D eigenvalue weighted by Crippen LogP contribution is 2.36. The molecule has 0 saturated heterocycles. The summed E-state index contributed by atoms with van der Waals surface area (Å²) in [6, 6.07) is 0.134. The Morgan fingerprint density at radius 1 is 1.38 bits per heavy atom. The minimum Gasteiger partial charge on any atom is -0.377 e. The molecule has 1 N–H and O–H groups in total. The van der Waals surface area contributed by atoms with Crippen LogP contribution in [0.3, 0.4) is 0 Å². The van der Waals surface area contributed by atoms with Crippen LogP contribution < -0.4 is 5.32 Å². The number of hydrogen-bond acceptors (Lipinski definition) is 4. The van der Waals surface area contributed by atoms with Crippen molar-refractivity contribution in [1.29, 1.82) is 0 Å². The van der Waals surface area contributed by atoms with E-state index < -0.39 is 9.84 Å². The zero-order valence-electron chi connectivity index (χ0n) is 10.5. The van der Waals surface area contributed by atoms with E-state index in [4.69, 9.17) is 4.74 Å². The van der Waals surface area contributed by atoms with Gasteiger partial charge < -0.3 is 10.1 Å². The Balaban J connectivity index is 2.65. The Labute approximate surface area is 98.7 Å². The van der Waals surface area contributed by atoms with Gasteiger partial charge in [0.15, 0.2) is 0 Å². The number of hydrogen-bond donors (Lipinski definition) is 1. The summed E-state index contributed by atoms with van der Waals surface area (Å²) < 4.78 is 28.0. The standard InChI is InChI=1S/C11H23NO3S/c1-12-10(6-9-16(3,13)14)11(15-2)7-4-5-8-11/h10,12H,4-9H2,1-3H3. The second kappa shape index (κ2) is 5.47. The maximum absolute atomic E-state index is 11.2. The number of ether oxygens (including phenoxy) is 1. The third-order valence-electron chi connectivity index (χ3n) is 3.62. The van der Waals surface area contributed by atoms with Crippen LogP contribution in [0.5, 0.6) is 0 Å². The normalized spacial score (nSPS) is 22.2. The van der Waals surface area contributed by atoms with Crippen molar-refractivity contribution in [3.05, 3.63) is 0 Å². The molecule has 0 aliphatic heterocycles. The lowest BCUT2D eigenvalue weighted by Crippen LogP contribution is -2.49. The third kappa shape index (κ3) is 3.43. The summed E-state index contributed by atoms with van der Waals surface area (Å²) in [5.41, 5.74) is -0.153. The molecule has 0 aromatic carbocycles. The minimum absolute atomic E-state index is 0.134. The predicted molar refractivity (Wildman–Crippen MR) is 65.4 cm³/mol. The van der Waals surface area contributed by atoms with Crippen molar-refractivity contribution < 1.29 is 13.2 Å². The summed E-state index contributed by atoms with van der Waals surface area (Å²) >= 11 is 0. The molecule has 1 aliphatic rings. The molecule has 0 bridgehead atoms. The van der Waals surface area contributed by atoms with E-state index >= 15 is 0 Å². The van der Waals surface area contributed by atoms with Gasteiger partial charge in [-0.3, -0.25) is 0 Å². The molecular formula is C11H23NO3S. The van der Waals surface area contributed by atoms with Gasteiger partial charge in [0.05, 0.1) is 11.4 Å². The molecule has 1 fully saturated rings. The topological polar surface area (TPSA) is 55.4 Å². The second-order valence-electron chi connectivity index (χ2n) is 4.74. The number of nitrogens with one attached hydrogen (secondary N) is 1. The molecule has 96 valence electrons. The van der Waals surface area contributed by atoms with E-state index in [1.807, 2.05) is 7.05 Å². The lowest BCUT2D eigenvalue weighted by molar-refractivity contribution is -0.0344. The van der Waals surface area contributed by atoms with Gasteiger partial charge in [0.1, 0.15) is 9.84 Å². The molecule has 0 aromatic rings. The van der Waals surface area contributed by atoms with Crippen LogP contribution in [0.25, 0.3) is 0 Å². The van der Waals surface area contributed by atoms with Crippen LogP contribution in [0, 0.1) is 0 Å². The van der Waals surface area contributed by atoms with Gasteiger partial charge in [-0.2, -0.15) is 0 Å². The summed E-state index contributed by atoms with van der Waals surface area (Å²) in [4.78, 5) is 0. The highest BCUT2D eigenvalue weighted by Gasteiger charge is 2.40. The number of methoxy groups -OCH3 is 1. The van der Waals surface area contributed by atoms with E-state index in [0.717, 1.165) is 12.8 Å². The first kappa shape index (κ1) is 13.9. The minimum atomic E-state index is -2.89. The van der Waals surface area contributed by atoms with Gasteiger partial charge in [0.2, 0.25) is 0 Å². The van der Waals surface area contributed by atoms with Crippen molar-refractivity contribution in [2.45, 2.75) is 43.7 Å². The van der Waals surface area contributed by atoms with Crippen LogP contribution >= 0.6 is 0 Å². The zero-order valence-corrected chi connectivity index (χ0v) is 11.3. The average molecular weight is 249 g/mol. The first-order chi connectivity index (χ1) is 7.43. The fourth-order valence-corrected chi connectivity index (χ4v) is 3.33. The highest BCUT2D eigenvalue weighted by atomic mass is 32.2. The lowest BCUT2D eigenvalue weighted by atomic mass is 9.90. The predicted octanol–water partition coefficient (Wildman–Crippen LogP) is 0.968. The first-order valence-corrected chi connectivity index (χ1v) is 7.90. The molecule has 0 heterocycles. The van der Waals surface area contributed by atoms with Crippen LogP contribution in [0.1, 0.15) is 32.1 Å². The van der Waals surface area contributed by atoms with Crippen LogP contribution in [0.2, 0.25) is 0 Å². The van der Waals surface area contributed by atoms with Crippen LogP contribution in [-0.2, 0) is 14.6 Å². The maximum atomic E-state index is 11.2. The number of likely N-dealkylation sites (N-methyl/N-ethyl adjacent to an activating group) is 1. The molecule has 0 radical (unpaired) electrons. The molecule has 1 atom stereocenters. The maximum Gasteiger partial charge on any atom is 0.147 e. The van der Waals surface area contributed by atoms with Gasteiger partial charge in [-0.1, -0.05) is 12.8 Å². The molecular weight excluding hydrogens is 226 g/mol. The fourth-order valence-electron chi connectivity index (χ4n) is 2.67. The molecule has 1 rings (SSSR count). The molecule has 0 amide bonds. The van der Waals surface area contributed by atoms with Crippen LogP contribution in [0.4, 0.5) is 0 Å². The van der Waals surface area contributed by atoms with Crippen LogP contribution in [0.15, 0.2) is 0 Å². The van der Waals surface area contributed by atoms with E-state index in [0.29, 0.717) is 6.42 Å². The van der Waals surface area contributed by atoms with E-state index in [2.05, 4.69) is 5.32 Å². The Hall–Kier alpha value is -0.130. The lowest BCUT2D eigenvalue weighted by Gasteiger charge is -2.36. The van der Waals surface area contributed by atoms with E-state index in [1.165, 1.54) is 19.1 Å². The summed E-state index contributed by atoms with van der Waals surface area (Å²) in [5.74, 6) is 0.226. The molecule has 0 aromatic heterocycles. The largest absolute Gasteiger partial charge is 0.377 e. The van der Waals surface area contributed by atoms with Gasteiger partial charge in [0.25, 0.3) is 0 Å². The summed E-state index contributed by atoms with van der Waals surface area (Å²) in [6.45, 7) is 0. The van der Waals surface area contributed by atoms with E-state index in [9.17, 15) is 8.42 Å². The number of sulfone groups is 1. The smallest absolute Gasteiger partial charge is 0.147 e. The first-order valence-electron chi connectivity index (χ1n) is 5.84. The molecule has 1 aliphatic carbocycles. The van der Waals surface area contributed by atoms with Crippen molar-refractivity contribution in [2.24, 2.45) is 0 Å². The Morgan fingerprint density at radius 3 is 2.31 bits per heavy atom. The molecule has 16 heavy (non-hydrogen) atoms. The quantitative estimate of drug-likeness (QED) is 0.762. The third-order valence-corrected chi connectivity index (χ3v) is 4.59. The van der Waals surface area contributed by atoms with Gasteiger partial charge in [0, 0.05) is 19.4 Å². The molecule has 1 unspecified atom stereocenters. The van der Waals surface area contributed by atoms with Crippen molar-refractivity contribution in [2.75, 3.05) is 26.2 Å². The van der Waals surface area contributed by atoms with E-state index in [1.54, 1.807) is 7.11 Å². The van der Waals surface area contributed by atoms with Crippen molar-refractivity contribution in [3.8, 4) is 0 Å². The van der Waals surface area contributed by atoms with Crippen molar-refractivity contribution in [3.63, 3.8) is 0 Å². The molecule has 5 heteroatoms. The van der Waals surface area contributed by atoms with Gasteiger partial charge in [-0.15, -0.1) is 0 Å². The average Bonchev–Trinajstić information content (AvgIpc) is 2.67. The van der Waals surface area contributed by atoms with Crippen molar-refractivity contribution in [1.82, 2.24) is 5.32 Å². The van der Waals surface area contributed by atoms with E-state index in [-0.39, 0.29) is 17.4 Å². The molecule has 4 nitrogen and oxygen atoms in total. The molecule has 0 spiro atoms. The Bertz CT molecular complexity index is 307. The SMILES string of the molecule is CNC(CCS(C)(=O)=O)C1(OC)CCCC1. The highest BCUT2D eigenvalue weighted by molar-refractivity contribution is 7.90. The van der Waals surface area contributed by atoms with Crippen molar-refractivity contribution >= 4 is 9.84 Å². The summed E-state index contributed by atoms with van der Waals surface area (Å²) in [7, 11) is 0.724. The van der Waals surface area contributed by atoms with Gasteiger partial charge in [-0.25, -0.2) is 8.42 Å². The Kier molecular flexibility index (Phi) is 4.76. The van der Waals surface area contributed by atoms with Gasteiger partial charge >= 0.3 is 0 Å². The van der Waals surface area contributed by atoms with Gasteiger partial charge in [-0.05, 0) is 26.3 Å². The number of rotatable bonds is 6. The fraction of sp³-hybridized carbons (Fsp3) is 1.00. The zero-order chi connectivity index (χ0) is 12.2. The van der Waals surface area contributed by atoms with Crippen LogP contribution in [-0.4, -0.2) is 46.2 Å². The Morgan fingerprint density at radius 2 is 1.94 bits per heavy atom. The second-order valence-corrected chi connectivity index (χ2v) is 7.00. The molecule has 1 saturated carbocycles. The monoisotopic (exact) mass is 249 g/mol.